The standard InChI is InChI=1S/C17H11F3O5/c1-23-10-3-2-4-11(8-10)24-15-14(22)12-6-5-9(21)7-13(12)25-16(15)17(18,19)20/h2-8,21H,1H3. The molecule has 0 unspecified atom stereocenters. The molecule has 0 aliphatic rings. The first-order chi connectivity index (χ1) is 11.8. The minimum atomic E-state index is -4.97. The summed E-state index contributed by atoms with van der Waals surface area (Å²) in [6, 6.07) is 9.05. The highest BCUT2D eigenvalue weighted by Gasteiger charge is 2.40. The molecule has 130 valence electrons. The number of halogens is 3. The normalized spacial score (nSPS) is 11.5. The van der Waals surface area contributed by atoms with E-state index in [0.717, 1.165) is 12.1 Å². The van der Waals surface area contributed by atoms with Crippen LogP contribution >= 0.6 is 0 Å². The van der Waals surface area contributed by atoms with Gasteiger partial charge in [0.25, 0.3) is 5.76 Å². The number of ether oxygens (including phenoxy) is 2. The van der Waals surface area contributed by atoms with Gasteiger partial charge in [0.1, 0.15) is 22.8 Å². The second kappa shape index (κ2) is 6.04. The second-order valence-electron chi connectivity index (χ2n) is 5.05. The van der Waals surface area contributed by atoms with Crippen molar-refractivity contribution in [3.05, 3.63) is 58.4 Å². The molecule has 8 heteroatoms. The van der Waals surface area contributed by atoms with Crippen LogP contribution in [-0.4, -0.2) is 12.2 Å². The van der Waals surface area contributed by atoms with E-state index in [1.165, 1.54) is 31.4 Å². The lowest BCUT2D eigenvalue weighted by atomic mass is 10.2. The van der Waals surface area contributed by atoms with Crippen molar-refractivity contribution in [2.75, 3.05) is 7.11 Å². The molecular weight excluding hydrogens is 341 g/mol. The second-order valence-corrected chi connectivity index (χ2v) is 5.05. The van der Waals surface area contributed by atoms with Gasteiger partial charge in [0.05, 0.1) is 12.5 Å². The number of alkyl halides is 3. The average molecular weight is 352 g/mol. The number of hydrogen-bond acceptors (Lipinski definition) is 5. The molecule has 25 heavy (non-hydrogen) atoms. The van der Waals surface area contributed by atoms with Crippen LogP contribution in [0.2, 0.25) is 0 Å². The molecule has 0 aliphatic carbocycles. The van der Waals surface area contributed by atoms with Gasteiger partial charge in [-0.2, -0.15) is 13.2 Å². The molecular formula is C17H11F3O5. The van der Waals surface area contributed by atoms with E-state index < -0.39 is 28.7 Å². The van der Waals surface area contributed by atoms with Crippen molar-refractivity contribution in [2.45, 2.75) is 6.18 Å². The maximum Gasteiger partial charge on any atom is 0.453 e. The fourth-order valence-corrected chi connectivity index (χ4v) is 2.23. The van der Waals surface area contributed by atoms with E-state index in [1.807, 2.05) is 0 Å². The molecule has 1 aromatic heterocycles. The lowest BCUT2D eigenvalue weighted by Crippen LogP contribution is -2.15. The number of rotatable bonds is 3. The van der Waals surface area contributed by atoms with Crippen LogP contribution in [0.3, 0.4) is 0 Å². The van der Waals surface area contributed by atoms with Gasteiger partial charge in [-0.1, -0.05) is 6.07 Å². The molecule has 0 saturated carbocycles. The quantitative estimate of drug-likeness (QED) is 0.760. The van der Waals surface area contributed by atoms with Crippen molar-refractivity contribution in [1.82, 2.24) is 0 Å². The zero-order valence-electron chi connectivity index (χ0n) is 12.8. The fraction of sp³-hybridized carbons (Fsp3) is 0.118. The smallest absolute Gasteiger partial charge is 0.453 e. The first-order valence-electron chi connectivity index (χ1n) is 6.98. The van der Waals surface area contributed by atoms with Crippen LogP contribution in [0.4, 0.5) is 13.2 Å². The highest BCUT2D eigenvalue weighted by molar-refractivity contribution is 5.79. The lowest BCUT2D eigenvalue weighted by molar-refractivity contribution is -0.154. The summed E-state index contributed by atoms with van der Waals surface area (Å²) in [5.74, 6) is -2.57. The minimum Gasteiger partial charge on any atom is -0.508 e. The monoisotopic (exact) mass is 352 g/mol. The van der Waals surface area contributed by atoms with Crippen LogP contribution in [0.5, 0.6) is 23.0 Å². The number of phenols is 1. The van der Waals surface area contributed by atoms with Crippen LogP contribution in [0.25, 0.3) is 11.0 Å². The Bertz CT molecular complexity index is 992. The van der Waals surface area contributed by atoms with Gasteiger partial charge in [0.15, 0.2) is 0 Å². The van der Waals surface area contributed by atoms with Gasteiger partial charge >= 0.3 is 6.18 Å². The Morgan fingerprint density at radius 2 is 1.80 bits per heavy atom. The highest BCUT2D eigenvalue weighted by atomic mass is 19.4. The van der Waals surface area contributed by atoms with Gasteiger partial charge in [-0.3, -0.25) is 4.79 Å². The molecule has 5 nitrogen and oxygen atoms in total. The van der Waals surface area contributed by atoms with E-state index in [1.54, 1.807) is 6.07 Å². The number of hydrogen-bond donors (Lipinski definition) is 1. The van der Waals surface area contributed by atoms with Crippen LogP contribution in [0, 0.1) is 0 Å². The fourth-order valence-electron chi connectivity index (χ4n) is 2.23. The van der Waals surface area contributed by atoms with E-state index >= 15 is 0 Å². The topological polar surface area (TPSA) is 68.9 Å². The predicted octanol–water partition coefficient (Wildman–Crippen LogP) is 4.32. The molecule has 0 atom stereocenters. The third kappa shape index (κ3) is 3.23. The summed E-state index contributed by atoms with van der Waals surface area (Å²) in [4.78, 5) is 12.5. The van der Waals surface area contributed by atoms with Gasteiger partial charge < -0.3 is 19.0 Å². The van der Waals surface area contributed by atoms with Gasteiger partial charge in [0.2, 0.25) is 11.2 Å². The molecule has 0 amide bonds. The van der Waals surface area contributed by atoms with E-state index in [0.29, 0.717) is 5.75 Å². The molecule has 0 bridgehead atoms. The number of methoxy groups -OCH3 is 1. The van der Waals surface area contributed by atoms with E-state index in [2.05, 4.69) is 0 Å². The Labute approximate surface area is 138 Å². The molecule has 0 radical (unpaired) electrons. The van der Waals surface area contributed by atoms with E-state index in [9.17, 15) is 23.1 Å². The van der Waals surface area contributed by atoms with Gasteiger partial charge in [0, 0.05) is 12.1 Å². The summed E-state index contributed by atoms with van der Waals surface area (Å²) in [5.41, 5.74) is -1.40. The third-order valence-corrected chi connectivity index (χ3v) is 3.35. The van der Waals surface area contributed by atoms with Crippen LogP contribution in [-0.2, 0) is 6.18 Å². The van der Waals surface area contributed by atoms with Gasteiger partial charge in [-0.05, 0) is 24.3 Å². The van der Waals surface area contributed by atoms with Crippen LogP contribution in [0.1, 0.15) is 5.76 Å². The first-order valence-corrected chi connectivity index (χ1v) is 6.98. The summed E-state index contributed by atoms with van der Waals surface area (Å²) in [7, 11) is 1.39. The number of benzene rings is 2. The minimum absolute atomic E-state index is 0.0183. The largest absolute Gasteiger partial charge is 0.508 e. The summed E-state index contributed by atoms with van der Waals surface area (Å²) in [6.07, 6.45) is -4.97. The number of phenolic OH excluding ortho intramolecular Hbond substituents is 1. The summed E-state index contributed by atoms with van der Waals surface area (Å²) in [6.45, 7) is 0. The summed E-state index contributed by atoms with van der Waals surface area (Å²) in [5, 5.41) is 9.24. The van der Waals surface area contributed by atoms with Crippen molar-refractivity contribution in [3.8, 4) is 23.0 Å². The average Bonchev–Trinajstić information content (AvgIpc) is 2.56. The molecule has 2 aromatic carbocycles. The Kier molecular flexibility index (Phi) is 4.03. The molecule has 0 saturated heterocycles. The number of fused-ring (bicyclic) bond motifs is 1. The SMILES string of the molecule is COc1cccc(Oc2c(C(F)(F)F)oc3cc(O)ccc3c2=O)c1. The molecule has 0 spiro atoms. The Morgan fingerprint density at radius 1 is 1.08 bits per heavy atom. The molecule has 1 heterocycles. The van der Waals surface area contributed by atoms with Crippen molar-refractivity contribution < 1.29 is 32.2 Å². The Hall–Kier alpha value is -3.16. The maximum absolute atomic E-state index is 13.3. The lowest BCUT2D eigenvalue weighted by Gasteiger charge is -2.13. The maximum atomic E-state index is 13.3. The van der Waals surface area contributed by atoms with Crippen molar-refractivity contribution in [2.24, 2.45) is 0 Å². The van der Waals surface area contributed by atoms with Crippen molar-refractivity contribution >= 4 is 11.0 Å². The van der Waals surface area contributed by atoms with Crippen molar-refractivity contribution in [3.63, 3.8) is 0 Å². The highest BCUT2D eigenvalue weighted by Crippen LogP contribution is 2.38. The Morgan fingerprint density at radius 3 is 2.48 bits per heavy atom. The number of aromatic hydroxyl groups is 1. The molecule has 1 N–H and O–H groups in total. The third-order valence-electron chi connectivity index (χ3n) is 3.35. The van der Waals surface area contributed by atoms with Crippen molar-refractivity contribution in [1.29, 1.82) is 0 Å². The van der Waals surface area contributed by atoms with Crippen LogP contribution in [0.15, 0.2) is 51.7 Å². The van der Waals surface area contributed by atoms with Gasteiger partial charge in [-0.15, -0.1) is 0 Å². The van der Waals surface area contributed by atoms with Crippen LogP contribution < -0.4 is 14.9 Å². The zero-order valence-corrected chi connectivity index (χ0v) is 12.8. The van der Waals surface area contributed by atoms with E-state index in [-0.39, 0.29) is 16.9 Å². The predicted molar refractivity (Wildman–Crippen MR) is 82.2 cm³/mol. The Balaban J connectivity index is 2.23. The summed E-state index contributed by atoms with van der Waals surface area (Å²) >= 11 is 0. The first kappa shape index (κ1) is 16.7. The molecule has 3 rings (SSSR count). The molecule has 3 aromatic rings. The molecule has 0 aliphatic heterocycles. The zero-order chi connectivity index (χ0) is 18.2. The molecule has 0 fully saturated rings. The summed E-state index contributed by atoms with van der Waals surface area (Å²) < 4.78 is 54.9. The van der Waals surface area contributed by atoms with E-state index in [4.69, 9.17) is 13.9 Å². The van der Waals surface area contributed by atoms with Gasteiger partial charge in [-0.25, -0.2) is 0 Å².